The quantitative estimate of drug-likeness (QED) is 0.810. The highest BCUT2D eigenvalue weighted by Gasteiger charge is 2.23. The van der Waals surface area contributed by atoms with E-state index in [0.29, 0.717) is 11.6 Å². The standard InChI is InChI=1S/C10H15N3O2/c1-7(10(14)15)9-5-11-12-13(9)6-8-3-2-4-8/h5,7-8H,2-4,6H2,1H3,(H,14,15). The summed E-state index contributed by atoms with van der Waals surface area (Å²) in [6.45, 7) is 2.48. The first-order valence-electron chi connectivity index (χ1n) is 5.29. The van der Waals surface area contributed by atoms with Gasteiger partial charge in [-0.05, 0) is 25.7 Å². The fourth-order valence-corrected chi connectivity index (χ4v) is 1.79. The van der Waals surface area contributed by atoms with Gasteiger partial charge >= 0.3 is 5.97 Å². The topological polar surface area (TPSA) is 68.0 Å². The van der Waals surface area contributed by atoms with Crippen LogP contribution in [0.3, 0.4) is 0 Å². The predicted octanol–water partition coefficient (Wildman–Crippen LogP) is 1.27. The summed E-state index contributed by atoms with van der Waals surface area (Å²) in [6.07, 6.45) is 5.28. The number of aromatic nitrogens is 3. The number of carbonyl (C=O) groups is 1. The van der Waals surface area contributed by atoms with Crippen molar-refractivity contribution in [3.05, 3.63) is 11.9 Å². The molecule has 1 N–H and O–H groups in total. The van der Waals surface area contributed by atoms with Gasteiger partial charge in [0.2, 0.25) is 0 Å². The van der Waals surface area contributed by atoms with Gasteiger partial charge in [0.05, 0.1) is 17.8 Å². The second kappa shape index (κ2) is 4.00. The average Bonchev–Trinajstić information content (AvgIpc) is 2.57. The Bertz CT molecular complexity index is 357. The van der Waals surface area contributed by atoms with E-state index in [1.165, 1.54) is 19.3 Å². The molecule has 1 fully saturated rings. The molecule has 5 nitrogen and oxygen atoms in total. The first-order valence-corrected chi connectivity index (χ1v) is 5.29. The van der Waals surface area contributed by atoms with Crippen LogP contribution in [-0.4, -0.2) is 26.1 Å². The number of carboxylic acids is 1. The number of hydrogen-bond acceptors (Lipinski definition) is 3. The van der Waals surface area contributed by atoms with Crippen molar-refractivity contribution in [2.45, 2.75) is 38.6 Å². The molecule has 82 valence electrons. The summed E-state index contributed by atoms with van der Waals surface area (Å²) in [6, 6.07) is 0. The smallest absolute Gasteiger partial charge is 0.312 e. The van der Waals surface area contributed by atoms with E-state index in [-0.39, 0.29) is 0 Å². The molecule has 1 atom stereocenters. The van der Waals surface area contributed by atoms with Gasteiger partial charge in [0.1, 0.15) is 0 Å². The first kappa shape index (κ1) is 10.1. The largest absolute Gasteiger partial charge is 0.481 e. The van der Waals surface area contributed by atoms with Crippen LogP contribution < -0.4 is 0 Å². The summed E-state index contributed by atoms with van der Waals surface area (Å²) in [5, 5.41) is 16.6. The third-order valence-electron chi connectivity index (χ3n) is 3.12. The van der Waals surface area contributed by atoms with E-state index < -0.39 is 11.9 Å². The third-order valence-corrected chi connectivity index (χ3v) is 3.12. The van der Waals surface area contributed by atoms with E-state index in [1.807, 2.05) is 0 Å². The lowest BCUT2D eigenvalue weighted by Crippen LogP contribution is -2.22. The Morgan fingerprint density at radius 3 is 3.00 bits per heavy atom. The molecule has 1 unspecified atom stereocenters. The molecule has 1 aromatic rings. The van der Waals surface area contributed by atoms with Gasteiger partial charge in [-0.15, -0.1) is 5.10 Å². The van der Waals surface area contributed by atoms with Gasteiger partial charge in [0.25, 0.3) is 0 Å². The highest BCUT2D eigenvalue weighted by molar-refractivity contribution is 5.74. The van der Waals surface area contributed by atoms with E-state index in [0.717, 1.165) is 6.54 Å². The Labute approximate surface area is 88.1 Å². The lowest BCUT2D eigenvalue weighted by atomic mass is 9.85. The Balaban J connectivity index is 2.10. The number of nitrogens with zero attached hydrogens (tertiary/aromatic N) is 3. The second-order valence-electron chi connectivity index (χ2n) is 4.20. The Morgan fingerprint density at radius 1 is 1.73 bits per heavy atom. The van der Waals surface area contributed by atoms with Crippen molar-refractivity contribution in [2.75, 3.05) is 0 Å². The van der Waals surface area contributed by atoms with Crippen LogP contribution in [0.2, 0.25) is 0 Å². The summed E-state index contributed by atoms with van der Waals surface area (Å²) in [4.78, 5) is 10.9. The fraction of sp³-hybridized carbons (Fsp3) is 0.700. The van der Waals surface area contributed by atoms with Crippen molar-refractivity contribution in [2.24, 2.45) is 5.92 Å². The van der Waals surface area contributed by atoms with Crippen LogP contribution in [0, 0.1) is 5.92 Å². The molecule has 0 amide bonds. The zero-order valence-electron chi connectivity index (χ0n) is 8.76. The van der Waals surface area contributed by atoms with Crippen LogP contribution in [0.25, 0.3) is 0 Å². The summed E-state index contributed by atoms with van der Waals surface area (Å²) in [7, 11) is 0. The minimum atomic E-state index is -0.827. The van der Waals surface area contributed by atoms with Crippen molar-refractivity contribution >= 4 is 5.97 Å². The maximum absolute atomic E-state index is 10.9. The van der Waals surface area contributed by atoms with Crippen LogP contribution in [0.4, 0.5) is 0 Å². The molecule has 0 saturated heterocycles. The molecule has 0 spiro atoms. The van der Waals surface area contributed by atoms with Crippen molar-refractivity contribution < 1.29 is 9.90 Å². The van der Waals surface area contributed by atoms with Crippen LogP contribution in [0.1, 0.15) is 37.8 Å². The van der Waals surface area contributed by atoms with E-state index in [4.69, 9.17) is 5.11 Å². The van der Waals surface area contributed by atoms with E-state index in [1.54, 1.807) is 17.8 Å². The third kappa shape index (κ3) is 2.00. The van der Waals surface area contributed by atoms with E-state index in [2.05, 4.69) is 10.3 Å². The molecule has 0 bridgehead atoms. The van der Waals surface area contributed by atoms with Gasteiger partial charge < -0.3 is 5.11 Å². The molecule has 1 aliphatic carbocycles. The van der Waals surface area contributed by atoms with Crippen LogP contribution in [0.5, 0.6) is 0 Å². The second-order valence-corrected chi connectivity index (χ2v) is 4.20. The fourth-order valence-electron chi connectivity index (χ4n) is 1.79. The van der Waals surface area contributed by atoms with Gasteiger partial charge in [0, 0.05) is 6.54 Å². The Morgan fingerprint density at radius 2 is 2.47 bits per heavy atom. The van der Waals surface area contributed by atoms with Crippen molar-refractivity contribution in [1.82, 2.24) is 15.0 Å². The Kier molecular flexibility index (Phi) is 2.70. The van der Waals surface area contributed by atoms with Gasteiger partial charge in [-0.2, -0.15) is 0 Å². The molecule has 2 rings (SSSR count). The molecular weight excluding hydrogens is 194 g/mol. The van der Waals surface area contributed by atoms with Gasteiger partial charge in [0.15, 0.2) is 0 Å². The van der Waals surface area contributed by atoms with Crippen molar-refractivity contribution in [3.8, 4) is 0 Å². The highest BCUT2D eigenvalue weighted by Crippen LogP contribution is 2.28. The first-order chi connectivity index (χ1) is 7.18. The molecule has 1 aromatic heterocycles. The number of carboxylic acid groups (broad SMARTS) is 1. The molecule has 0 aromatic carbocycles. The summed E-state index contributed by atoms with van der Waals surface area (Å²) in [5.41, 5.74) is 0.703. The normalized spacial score (nSPS) is 18.5. The Hall–Kier alpha value is -1.39. The van der Waals surface area contributed by atoms with Crippen LogP contribution >= 0.6 is 0 Å². The van der Waals surface area contributed by atoms with Gasteiger partial charge in [-0.1, -0.05) is 11.6 Å². The molecule has 15 heavy (non-hydrogen) atoms. The maximum atomic E-state index is 10.9. The molecule has 1 heterocycles. The average molecular weight is 209 g/mol. The lowest BCUT2D eigenvalue weighted by molar-refractivity contribution is -0.138. The molecule has 0 radical (unpaired) electrons. The summed E-state index contributed by atoms with van der Waals surface area (Å²) < 4.78 is 1.74. The predicted molar refractivity (Wildman–Crippen MR) is 53.4 cm³/mol. The lowest BCUT2D eigenvalue weighted by Gasteiger charge is -2.25. The van der Waals surface area contributed by atoms with Crippen LogP contribution in [0.15, 0.2) is 6.20 Å². The minimum absolute atomic E-state index is 0.528. The van der Waals surface area contributed by atoms with Gasteiger partial charge in [-0.3, -0.25) is 4.79 Å². The zero-order valence-corrected chi connectivity index (χ0v) is 8.76. The minimum Gasteiger partial charge on any atom is -0.481 e. The van der Waals surface area contributed by atoms with Crippen molar-refractivity contribution in [1.29, 1.82) is 0 Å². The monoisotopic (exact) mass is 209 g/mol. The van der Waals surface area contributed by atoms with Crippen molar-refractivity contribution in [3.63, 3.8) is 0 Å². The van der Waals surface area contributed by atoms with E-state index >= 15 is 0 Å². The molecule has 5 heteroatoms. The molecule has 1 aliphatic rings. The molecule has 0 aliphatic heterocycles. The summed E-state index contributed by atoms with van der Waals surface area (Å²) >= 11 is 0. The SMILES string of the molecule is CC(C(=O)O)c1cnnn1CC1CCC1. The maximum Gasteiger partial charge on any atom is 0.312 e. The summed E-state index contributed by atoms with van der Waals surface area (Å²) in [5.74, 6) is -0.696. The molecule has 1 saturated carbocycles. The highest BCUT2D eigenvalue weighted by atomic mass is 16.4. The zero-order chi connectivity index (χ0) is 10.8. The number of aliphatic carboxylic acids is 1. The molecular formula is C10H15N3O2. The van der Waals surface area contributed by atoms with Crippen LogP contribution in [-0.2, 0) is 11.3 Å². The van der Waals surface area contributed by atoms with Gasteiger partial charge in [-0.25, -0.2) is 4.68 Å². The van der Waals surface area contributed by atoms with E-state index in [9.17, 15) is 4.79 Å². The number of hydrogen-bond donors (Lipinski definition) is 1. The number of rotatable bonds is 4.